The van der Waals surface area contributed by atoms with E-state index in [0.29, 0.717) is 5.56 Å². The zero-order valence-corrected chi connectivity index (χ0v) is 10.4. The Kier molecular flexibility index (Phi) is 4.25. The highest BCUT2D eigenvalue weighted by molar-refractivity contribution is 5.94. The first-order valence-electron chi connectivity index (χ1n) is 5.26. The molecule has 0 aliphatic heterocycles. The fourth-order valence-electron chi connectivity index (χ4n) is 1.32. The van der Waals surface area contributed by atoms with E-state index < -0.39 is 5.97 Å². The van der Waals surface area contributed by atoms with Gasteiger partial charge in [-0.25, -0.2) is 0 Å². The molecule has 0 saturated carbocycles. The van der Waals surface area contributed by atoms with Crippen LogP contribution in [0.3, 0.4) is 0 Å². The van der Waals surface area contributed by atoms with Crippen molar-refractivity contribution in [2.24, 2.45) is 0 Å². The minimum atomic E-state index is -0.468. The van der Waals surface area contributed by atoms with Crippen molar-refractivity contribution in [2.75, 3.05) is 13.7 Å². The second-order valence-corrected chi connectivity index (χ2v) is 3.94. The molecule has 17 heavy (non-hydrogen) atoms. The highest BCUT2D eigenvalue weighted by Gasteiger charge is 2.26. The van der Waals surface area contributed by atoms with Crippen molar-refractivity contribution in [3.8, 4) is 0 Å². The summed E-state index contributed by atoms with van der Waals surface area (Å²) in [5.41, 5.74) is 0.644. The van der Waals surface area contributed by atoms with E-state index >= 15 is 0 Å². The molecular formula is C11H16N2O4. The van der Waals surface area contributed by atoms with Gasteiger partial charge in [-0.2, -0.15) is 0 Å². The van der Waals surface area contributed by atoms with Gasteiger partial charge in [-0.15, -0.1) is 0 Å². The van der Waals surface area contributed by atoms with Gasteiger partial charge in [-0.05, 0) is 20.8 Å². The van der Waals surface area contributed by atoms with E-state index in [9.17, 15) is 9.59 Å². The molecule has 1 rings (SSSR count). The molecular weight excluding hydrogens is 224 g/mol. The number of rotatable bonds is 4. The number of aryl methyl sites for hydroxylation is 1. The van der Waals surface area contributed by atoms with E-state index in [2.05, 4.69) is 9.89 Å². The monoisotopic (exact) mass is 240 g/mol. The molecule has 0 bridgehead atoms. The maximum Gasteiger partial charge on any atom is 0.325 e. The molecule has 0 radical (unpaired) electrons. The Labute approximate surface area is 99.5 Å². The van der Waals surface area contributed by atoms with Gasteiger partial charge in [-0.3, -0.25) is 9.59 Å². The summed E-state index contributed by atoms with van der Waals surface area (Å²) in [6, 6.07) is -0.133. The van der Waals surface area contributed by atoms with Crippen LogP contribution < -0.4 is 0 Å². The molecule has 0 aliphatic rings. The van der Waals surface area contributed by atoms with Crippen molar-refractivity contribution in [3.63, 3.8) is 0 Å². The predicted octanol–water partition coefficient (Wildman–Crippen LogP) is 1.01. The lowest BCUT2D eigenvalue weighted by atomic mass is 10.2. The number of amides is 1. The van der Waals surface area contributed by atoms with Gasteiger partial charge < -0.3 is 14.2 Å². The first-order valence-corrected chi connectivity index (χ1v) is 5.26. The molecule has 0 aliphatic carbocycles. The summed E-state index contributed by atoms with van der Waals surface area (Å²) < 4.78 is 9.43. The number of carbonyl (C=O) groups is 2. The molecule has 0 saturated heterocycles. The average molecular weight is 240 g/mol. The normalized spacial score (nSPS) is 10.4. The number of hydrogen-bond donors (Lipinski definition) is 0. The van der Waals surface area contributed by atoms with Crippen LogP contribution in [0, 0.1) is 6.92 Å². The molecule has 1 aromatic heterocycles. The fourth-order valence-corrected chi connectivity index (χ4v) is 1.32. The summed E-state index contributed by atoms with van der Waals surface area (Å²) in [6.45, 7) is 5.24. The zero-order chi connectivity index (χ0) is 13.0. The quantitative estimate of drug-likeness (QED) is 0.734. The molecule has 1 aromatic rings. The van der Waals surface area contributed by atoms with Gasteiger partial charge in [0.25, 0.3) is 5.91 Å². The molecule has 0 N–H and O–H groups in total. The Hall–Kier alpha value is -1.85. The fraction of sp³-hybridized carbons (Fsp3) is 0.545. The molecule has 0 atom stereocenters. The summed E-state index contributed by atoms with van der Waals surface area (Å²) in [7, 11) is 1.28. The molecule has 0 spiro atoms. The first-order chi connectivity index (χ1) is 7.97. The summed E-state index contributed by atoms with van der Waals surface area (Å²) in [5, 5.41) is 3.55. The van der Waals surface area contributed by atoms with E-state index in [1.807, 2.05) is 13.8 Å². The molecule has 0 aromatic carbocycles. The van der Waals surface area contributed by atoms with Crippen LogP contribution in [-0.4, -0.2) is 41.6 Å². The standard InChI is InChI=1S/C11H16N2O4/c1-7(2)13(6-9(14)16-4)11(15)10-8(3)5-12-17-10/h5,7H,6H2,1-4H3. The second-order valence-electron chi connectivity index (χ2n) is 3.94. The maximum atomic E-state index is 12.1. The van der Waals surface area contributed by atoms with Crippen LogP contribution in [0.1, 0.15) is 30.0 Å². The van der Waals surface area contributed by atoms with Gasteiger partial charge in [-0.1, -0.05) is 5.16 Å². The number of nitrogens with zero attached hydrogens (tertiary/aromatic N) is 2. The van der Waals surface area contributed by atoms with Crippen molar-refractivity contribution in [1.82, 2.24) is 10.1 Å². The van der Waals surface area contributed by atoms with Crippen LogP contribution >= 0.6 is 0 Å². The lowest BCUT2D eigenvalue weighted by Crippen LogP contribution is -2.41. The van der Waals surface area contributed by atoms with Crippen molar-refractivity contribution < 1.29 is 18.8 Å². The third-order valence-corrected chi connectivity index (χ3v) is 2.35. The van der Waals surface area contributed by atoms with Crippen LogP contribution in [0.15, 0.2) is 10.7 Å². The van der Waals surface area contributed by atoms with Gasteiger partial charge in [0, 0.05) is 11.6 Å². The van der Waals surface area contributed by atoms with Gasteiger partial charge in [0.15, 0.2) is 0 Å². The Morgan fingerprint density at radius 3 is 2.59 bits per heavy atom. The average Bonchev–Trinajstić information content (AvgIpc) is 2.70. The summed E-state index contributed by atoms with van der Waals surface area (Å²) in [4.78, 5) is 24.7. The molecule has 6 heteroatoms. The van der Waals surface area contributed by atoms with Gasteiger partial charge in [0.05, 0.1) is 13.3 Å². The number of esters is 1. The number of carbonyl (C=O) groups excluding carboxylic acids is 2. The summed E-state index contributed by atoms with van der Waals surface area (Å²) >= 11 is 0. The third kappa shape index (κ3) is 3.05. The largest absolute Gasteiger partial charge is 0.468 e. The van der Waals surface area contributed by atoms with Crippen LogP contribution in [0.2, 0.25) is 0 Å². The molecule has 0 fully saturated rings. The van der Waals surface area contributed by atoms with Crippen molar-refractivity contribution >= 4 is 11.9 Å². The smallest absolute Gasteiger partial charge is 0.325 e. The molecule has 1 heterocycles. The first kappa shape index (κ1) is 13.2. The Balaban J connectivity index is 2.89. The minimum Gasteiger partial charge on any atom is -0.468 e. The topological polar surface area (TPSA) is 72.6 Å². The predicted molar refractivity (Wildman–Crippen MR) is 59.4 cm³/mol. The maximum absolute atomic E-state index is 12.1. The van der Waals surface area contributed by atoms with Crippen molar-refractivity contribution in [2.45, 2.75) is 26.8 Å². The lowest BCUT2D eigenvalue weighted by Gasteiger charge is -2.24. The van der Waals surface area contributed by atoms with Crippen molar-refractivity contribution in [1.29, 1.82) is 0 Å². The van der Waals surface area contributed by atoms with Crippen LogP contribution in [0.25, 0.3) is 0 Å². The molecule has 94 valence electrons. The van der Waals surface area contributed by atoms with E-state index in [-0.39, 0.29) is 24.3 Å². The zero-order valence-electron chi connectivity index (χ0n) is 10.4. The Morgan fingerprint density at radius 2 is 2.18 bits per heavy atom. The SMILES string of the molecule is COC(=O)CN(C(=O)c1oncc1C)C(C)C. The van der Waals surface area contributed by atoms with Gasteiger partial charge >= 0.3 is 5.97 Å². The van der Waals surface area contributed by atoms with Gasteiger partial charge in [0.2, 0.25) is 5.76 Å². The van der Waals surface area contributed by atoms with Gasteiger partial charge in [0.1, 0.15) is 6.54 Å². The van der Waals surface area contributed by atoms with Crippen LogP contribution in [-0.2, 0) is 9.53 Å². The second kappa shape index (κ2) is 5.47. The van der Waals surface area contributed by atoms with E-state index in [0.717, 1.165) is 0 Å². The van der Waals surface area contributed by atoms with Crippen LogP contribution in [0.4, 0.5) is 0 Å². The lowest BCUT2D eigenvalue weighted by molar-refractivity contribution is -0.141. The van der Waals surface area contributed by atoms with E-state index in [1.165, 1.54) is 18.2 Å². The number of hydrogen-bond acceptors (Lipinski definition) is 5. The number of aromatic nitrogens is 1. The molecule has 6 nitrogen and oxygen atoms in total. The number of ether oxygens (including phenoxy) is 1. The summed E-state index contributed by atoms with van der Waals surface area (Å²) in [5.74, 6) is -0.674. The highest BCUT2D eigenvalue weighted by atomic mass is 16.5. The van der Waals surface area contributed by atoms with E-state index in [1.54, 1.807) is 6.92 Å². The van der Waals surface area contributed by atoms with Crippen molar-refractivity contribution in [3.05, 3.63) is 17.5 Å². The minimum absolute atomic E-state index is 0.104. The van der Waals surface area contributed by atoms with Crippen LogP contribution in [0.5, 0.6) is 0 Å². The Bertz CT molecular complexity index is 411. The number of methoxy groups -OCH3 is 1. The summed E-state index contributed by atoms with van der Waals surface area (Å²) in [6.07, 6.45) is 1.46. The highest BCUT2D eigenvalue weighted by Crippen LogP contribution is 2.12. The molecule has 1 amide bonds. The molecule has 0 unspecified atom stereocenters. The Morgan fingerprint density at radius 1 is 1.53 bits per heavy atom. The third-order valence-electron chi connectivity index (χ3n) is 2.35. The van der Waals surface area contributed by atoms with E-state index in [4.69, 9.17) is 4.52 Å².